The fourth-order valence-corrected chi connectivity index (χ4v) is 9.43. The molecule has 0 fully saturated rings. The van der Waals surface area contributed by atoms with Crippen molar-refractivity contribution in [1.29, 1.82) is 0 Å². The zero-order valence-corrected chi connectivity index (χ0v) is 46.6. The molecule has 33 nitrogen and oxygen atoms in total. The lowest BCUT2D eigenvalue weighted by atomic mass is 10.2. The molecular weight excluding hydrogens is 1110 g/mol. The van der Waals surface area contributed by atoms with Crippen LogP contribution in [0.2, 0.25) is 0 Å². The summed E-state index contributed by atoms with van der Waals surface area (Å²) in [6.45, 7) is 0.0616. The van der Waals surface area contributed by atoms with Crippen LogP contribution in [0.4, 0.5) is 45.9 Å². The van der Waals surface area contributed by atoms with E-state index in [1.807, 2.05) is 0 Å². The Morgan fingerprint density at radius 1 is 0.365 bits per heavy atom. The molecule has 33 heteroatoms. The van der Waals surface area contributed by atoms with E-state index < -0.39 is 71.2 Å². The maximum absolute atomic E-state index is 13.8. The molecule has 2 unspecified atom stereocenters. The quantitative estimate of drug-likeness (QED) is 0.0992. The molecule has 0 aliphatic carbocycles. The third-order valence-electron chi connectivity index (χ3n) is 13.7. The predicted molar refractivity (Wildman–Crippen MR) is 306 cm³/mol. The molecule has 17 bridgehead atoms. The molecule has 0 radical (unpaired) electrons. The Morgan fingerprint density at radius 3 is 1.13 bits per heavy atom. The van der Waals surface area contributed by atoms with Gasteiger partial charge in [0, 0.05) is 106 Å². The monoisotopic (exact) mass is 1160 g/mol. The first-order chi connectivity index (χ1) is 40.4. The summed E-state index contributed by atoms with van der Waals surface area (Å²) in [6, 6.07) is 5.06. The Bertz CT molecular complexity index is 4080. The van der Waals surface area contributed by atoms with E-state index in [1.54, 1.807) is 35.2 Å². The summed E-state index contributed by atoms with van der Waals surface area (Å²) in [5.41, 5.74) is 11.0. The van der Waals surface area contributed by atoms with Crippen molar-refractivity contribution in [3.63, 3.8) is 0 Å². The summed E-state index contributed by atoms with van der Waals surface area (Å²) < 4.78 is 11.4. The van der Waals surface area contributed by atoms with Gasteiger partial charge in [0.05, 0.1) is 40.7 Å². The molecule has 0 saturated carbocycles. The smallest absolute Gasteiger partial charge is 0.291 e. The normalized spacial score (nSPS) is 17.1. The summed E-state index contributed by atoms with van der Waals surface area (Å²) in [5, 5.41) is 27.0. The van der Waals surface area contributed by atoms with Crippen molar-refractivity contribution >= 4 is 105 Å². The largest absolute Gasteiger partial charge is 0.351 e. The van der Waals surface area contributed by atoms with Crippen molar-refractivity contribution in [2.45, 2.75) is 24.9 Å². The van der Waals surface area contributed by atoms with Crippen LogP contribution in [0.3, 0.4) is 0 Å². The fraction of sp³-hybridized carbons (Fsp3) is 0.250. The number of hydrogen-bond acceptors (Lipinski definition) is 15. The van der Waals surface area contributed by atoms with Gasteiger partial charge in [-0.3, -0.25) is 52.6 Å². The lowest BCUT2D eigenvalue weighted by Crippen LogP contribution is -2.45. The van der Waals surface area contributed by atoms with Gasteiger partial charge in [-0.15, -0.1) is 0 Å². The van der Waals surface area contributed by atoms with Crippen LogP contribution in [0.25, 0.3) is 0 Å². The molecule has 440 valence electrons. The van der Waals surface area contributed by atoms with Crippen LogP contribution < -0.4 is 64.3 Å². The molecule has 13 N–H and O–H groups in total. The molecule has 2 aliphatic rings. The standard InChI is InChI=1S/C52H57N23O10/c1-68-17-25-12-32(68)45(78)54-10-8-30(53)43(76)64-37-22-72(5)40(61-37)50(83)59-28-15-35(71(4)20-28)49(82)66-39-24-74(7)42(63-39)52(85)60-29-16-36-46(79)55-11-9-31(67-75(36)21-29)44(77)65-38-23-73(6)41(62-38)51(84)58-27-14-34(70(3)19-27)48(81)57-26-13-33(47(80)56-25)69(2)18-26/h12-24,30-31,67H,8-11,53H2,1-7H3,(H,54,78)(H,55,79)(H,56,80)(H,57,81)(H,58,84)(H,59,83)(H,60,85)(H,64,76)(H,65,77)(H,66,82). The van der Waals surface area contributed by atoms with E-state index in [4.69, 9.17) is 5.73 Å². The number of nitrogens with two attached hydrogens (primary N) is 1. The summed E-state index contributed by atoms with van der Waals surface area (Å²) in [4.78, 5) is 148. The highest BCUT2D eigenvalue weighted by Crippen LogP contribution is 2.23. The molecular formula is C52H57N23O10. The van der Waals surface area contributed by atoms with E-state index >= 15 is 0 Å². The SMILES string of the molecule is Cn1cc2cc1C(=O)NCCC(N)C(=O)Nc1cn(C)c(n1)C(=O)Nc1cc(n(C)c1)C(=O)Nc1cn(C)c(n1)C(=O)Nc1cc3n(c1)NC(CCNC3=O)C(=O)Nc1cn(C)c(n1)C(=O)Nc1cc(n(C)c1)C(=O)Nc1cc(n(C)c1)C(=O)N2. The number of anilines is 8. The number of aromatic nitrogens is 11. The minimum atomic E-state index is -1.11. The Hall–Kier alpha value is -11.5. The summed E-state index contributed by atoms with van der Waals surface area (Å²) in [7, 11) is 11.0. The highest BCUT2D eigenvalue weighted by atomic mass is 16.2. The first kappa shape index (κ1) is 56.8. The molecule has 2 atom stereocenters. The summed E-state index contributed by atoms with van der Waals surface area (Å²) in [6.07, 6.45) is 11.8. The molecule has 10 rings (SSSR count). The number of nitrogens with zero attached hydrogens (tertiary/aromatic N) is 11. The van der Waals surface area contributed by atoms with Gasteiger partial charge >= 0.3 is 0 Å². The molecule has 0 spiro atoms. The van der Waals surface area contributed by atoms with Crippen molar-refractivity contribution in [2.24, 2.45) is 55.1 Å². The van der Waals surface area contributed by atoms with Gasteiger partial charge in [-0.1, -0.05) is 0 Å². The van der Waals surface area contributed by atoms with Crippen LogP contribution in [0.1, 0.15) is 97.1 Å². The van der Waals surface area contributed by atoms with Gasteiger partial charge in [-0.25, -0.2) is 15.0 Å². The van der Waals surface area contributed by atoms with Crippen molar-refractivity contribution in [3.05, 3.63) is 126 Å². The molecule has 0 saturated heterocycles. The van der Waals surface area contributed by atoms with Gasteiger partial charge in [-0.05, 0) is 43.2 Å². The third-order valence-corrected chi connectivity index (χ3v) is 13.7. The molecule has 0 aromatic carbocycles. The van der Waals surface area contributed by atoms with E-state index in [2.05, 4.69) is 73.5 Å². The van der Waals surface area contributed by atoms with Crippen LogP contribution >= 0.6 is 0 Å². The maximum atomic E-state index is 13.8. The van der Waals surface area contributed by atoms with Crippen molar-refractivity contribution < 1.29 is 47.9 Å². The number of rotatable bonds is 0. The molecule has 2 aliphatic heterocycles. The van der Waals surface area contributed by atoms with Crippen LogP contribution in [-0.2, 0) is 58.9 Å². The highest BCUT2D eigenvalue weighted by molar-refractivity contribution is 6.10. The maximum Gasteiger partial charge on any atom is 0.291 e. The first-order valence-corrected chi connectivity index (χ1v) is 26.0. The zero-order chi connectivity index (χ0) is 60.7. The van der Waals surface area contributed by atoms with E-state index in [0.717, 1.165) is 0 Å². The van der Waals surface area contributed by atoms with Crippen LogP contribution in [0, 0.1) is 0 Å². The number of carbonyl (C=O) groups excluding carboxylic acids is 10. The first-order valence-electron chi connectivity index (χ1n) is 26.0. The minimum Gasteiger partial charge on any atom is -0.351 e. The minimum absolute atomic E-state index is 0.00300. The van der Waals surface area contributed by atoms with Crippen LogP contribution in [-0.4, -0.2) is 136 Å². The van der Waals surface area contributed by atoms with E-state index in [1.165, 1.54) is 131 Å². The average Bonchev–Trinajstić information content (AvgIpc) is 4.14. The van der Waals surface area contributed by atoms with E-state index in [-0.39, 0.29) is 118 Å². The lowest BCUT2D eigenvalue weighted by molar-refractivity contribution is -0.118. The Kier molecular flexibility index (Phi) is 15.2. The van der Waals surface area contributed by atoms with Crippen molar-refractivity contribution in [3.8, 4) is 0 Å². The zero-order valence-electron chi connectivity index (χ0n) is 46.6. The number of aryl methyl sites for hydroxylation is 7. The molecule has 8 aromatic rings. The van der Waals surface area contributed by atoms with Gasteiger partial charge in [0.2, 0.25) is 29.3 Å². The average molecular weight is 1160 g/mol. The second-order valence-corrected chi connectivity index (χ2v) is 20.1. The Labute approximate surface area is 480 Å². The number of nitrogens with one attached hydrogen (secondary N) is 11. The number of imidazole rings is 3. The Morgan fingerprint density at radius 2 is 0.694 bits per heavy atom. The van der Waals surface area contributed by atoms with E-state index in [0.29, 0.717) is 0 Å². The van der Waals surface area contributed by atoms with Gasteiger partial charge in [0.1, 0.15) is 34.5 Å². The number of amides is 10. The molecule has 10 amide bonds. The van der Waals surface area contributed by atoms with Crippen molar-refractivity contribution in [2.75, 3.05) is 61.0 Å². The van der Waals surface area contributed by atoms with Crippen molar-refractivity contribution in [1.82, 2.24) is 62.2 Å². The van der Waals surface area contributed by atoms with Gasteiger partial charge in [0.25, 0.3) is 47.3 Å². The fourth-order valence-electron chi connectivity index (χ4n) is 9.43. The second kappa shape index (κ2) is 22.8. The number of carbonyl (C=O) groups is 10. The number of hydrogen-bond donors (Lipinski definition) is 12. The number of fused-ring (bicyclic) bond motifs is 16. The van der Waals surface area contributed by atoms with Crippen LogP contribution in [0.5, 0.6) is 0 Å². The van der Waals surface area contributed by atoms with Gasteiger partial charge in [-0.2, -0.15) is 0 Å². The lowest BCUT2D eigenvalue weighted by Gasteiger charge is -2.23. The van der Waals surface area contributed by atoms with Crippen LogP contribution in [0.15, 0.2) is 79.9 Å². The molecule has 10 heterocycles. The topological polar surface area (TPSA) is 407 Å². The Balaban J connectivity index is 0.868. The summed E-state index contributed by atoms with van der Waals surface area (Å²) >= 11 is 0. The van der Waals surface area contributed by atoms with E-state index in [9.17, 15) is 47.9 Å². The van der Waals surface area contributed by atoms with Gasteiger partial charge in [0.15, 0.2) is 17.5 Å². The molecule has 85 heavy (non-hydrogen) atoms. The molecule has 8 aromatic heterocycles. The second-order valence-electron chi connectivity index (χ2n) is 20.1. The third kappa shape index (κ3) is 12.1. The predicted octanol–water partition coefficient (Wildman–Crippen LogP) is 0.640. The van der Waals surface area contributed by atoms with Gasteiger partial charge < -0.3 is 96.3 Å². The summed E-state index contributed by atoms with van der Waals surface area (Å²) in [5.74, 6) is -6.37. The highest BCUT2D eigenvalue weighted by Gasteiger charge is 2.29.